The minimum Gasteiger partial charge on any atom is -0.355 e. The maximum Gasteiger partial charge on any atom is 0.318 e. The summed E-state index contributed by atoms with van der Waals surface area (Å²) < 4.78 is 13.9. The van der Waals surface area contributed by atoms with Crippen molar-refractivity contribution in [1.82, 2.24) is 20.2 Å². The highest BCUT2D eigenvalue weighted by Gasteiger charge is 2.22. The lowest BCUT2D eigenvalue weighted by atomic mass is 10.0. The molecule has 3 heterocycles. The van der Waals surface area contributed by atoms with Crippen molar-refractivity contribution in [2.24, 2.45) is 0 Å². The van der Waals surface area contributed by atoms with Gasteiger partial charge in [-0.25, -0.2) is 14.2 Å². The van der Waals surface area contributed by atoms with Gasteiger partial charge in [-0.15, -0.1) is 0 Å². The summed E-state index contributed by atoms with van der Waals surface area (Å²) in [6, 6.07) is 8.74. The Morgan fingerprint density at radius 3 is 2.74 bits per heavy atom. The lowest BCUT2D eigenvalue weighted by Gasteiger charge is -2.30. The Bertz CT molecular complexity index is 1160. The number of nitrogens with zero attached hydrogens (tertiary/aromatic N) is 2. The zero-order valence-corrected chi connectivity index (χ0v) is 19.3. The molecule has 2 aromatic heterocycles. The average Bonchev–Trinajstić information content (AvgIpc) is 3.15. The first kappa shape index (κ1) is 21.4. The van der Waals surface area contributed by atoms with Crippen LogP contribution in [0, 0.1) is 5.82 Å². The van der Waals surface area contributed by atoms with Crippen LogP contribution in [-0.2, 0) is 0 Å². The molecular formula is C23H25BrFN5O. The summed E-state index contributed by atoms with van der Waals surface area (Å²) in [7, 11) is 0. The van der Waals surface area contributed by atoms with Crippen LogP contribution in [0.3, 0.4) is 0 Å². The zero-order chi connectivity index (χ0) is 22.2. The maximum absolute atomic E-state index is 13.5. The average molecular weight is 486 g/mol. The first-order chi connectivity index (χ1) is 14.7. The van der Waals surface area contributed by atoms with E-state index in [0.29, 0.717) is 17.6 Å². The number of amides is 2. The number of hydrogen-bond acceptors (Lipinski definition) is 3. The minimum absolute atomic E-state index is 0.0435. The smallest absolute Gasteiger partial charge is 0.318 e. The highest BCUT2D eigenvalue weighted by atomic mass is 79.9. The van der Waals surface area contributed by atoms with Gasteiger partial charge in [-0.1, -0.05) is 6.08 Å². The Balaban J connectivity index is 1.54. The number of aromatic nitrogens is 2. The number of rotatable bonds is 3. The Labute approximate surface area is 189 Å². The number of hydrogen-bond donors (Lipinski definition) is 3. The van der Waals surface area contributed by atoms with Crippen molar-refractivity contribution < 1.29 is 9.18 Å². The van der Waals surface area contributed by atoms with Crippen molar-refractivity contribution >= 4 is 49.9 Å². The number of H-pyrrole nitrogens is 1. The summed E-state index contributed by atoms with van der Waals surface area (Å²) in [4.78, 5) is 22.0. The summed E-state index contributed by atoms with van der Waals surface area (Å²) in [6.07, 6.45) is 4.58. The minimum atomic E-state index is -0.302. The molecule has 1 aliphatic heterocycles. The van der Waals surface area contributed by atoms with Crippen molar-refractivity contribution in [3.63, 3.8) is 0 Å². The second-order valence-corrected chi connectivity index (χ2v) is 9.52. The third-order valence-corrected chi connectivity index (χ3v) is 5.66. The molecule has 8 heteroatoms. The van der Waals surface area contributed by atoms with E-state index in [4.69, 9.17) is 0 Å². The van der Waals surface area contributed by atoms with E-state index in [2.05, 4.69) is 48.7 Å². The summed E-state index contributed by atoms with van der Waals surface area (Å²) in [5, 5.41) is 7.30. The van der Waals surface area contributed by atoms with E-state index in [1.54, 1.807) is 18.3 Å². The van der Waals surface area contributed by atoms with Crippen molar-refractivity contribution in [2.45, 2.75) is 32.7 Å². The first-order valence-corrected chi connectivity index (χ1v) is 11.0. The van der Waals surface area contributed by atoms with Crippen molar-refractivity contribution in [1.29, 1.82) is 0 Å². The van der Waals surface area contributed by atoms with E-state index in [0.717, 1.165) is 40.1 Å². The SMILES string of the molecule is CC(C)(C)NC(=O)N1CC=C(c2cc3c(Nc4ccc(F)c(Br)c4)ccnc3[nH]2)CC1. The monoisotopic (exact) mass is 485 g/mol. The number of benzene rings is 1. The van der Waals surface area contributed by atoms with Gasteiger partial charge in [0.15, 0.2) is 0 Å². The molecule has 4 rings (SSSR count). The Hall–Kier alpha value is -2.87. The summed E-state index contributed by atoms with van der Waals surface area (Å²) >= 11 is 3.22. The fourth-order valence-electron chi connectivity index (χ4n) is 3.54. The Morgan fingerprint density at radius 1 is 1.26 bits per heavy atom. The quantitative estimate of drug-likeness (QED) is 0.438. The van der Waals surface area contributed by atoms with Gasteiger partial charge in [0, 0.05) is 41.6 Å². The van der Waals surface area contributed by atoms with E-state index >= 15 is 0 Å². The molecule has 31 heavy (non-hydrogen) atoms. The Kier molecular flexibility index (Phi) is 5.75. The van der Waals surface area contributed by atoms with Crippen LogP contribution >= 0.6 is 15.9 Å². The van der Waals surface area contributed by atoms with Crippen molar-refractivity contribution in [3.8, 4) is 0 Å². The summed E-state index contributed by atoms with van der Waals surface area (Å²) in [5.74, 6) is -0.302. The van der Waals surface area contributed by atoms with Gasteiger partial charge in [0.1, 0.15) is 11.5 Å². The van der Waals surface area contributed by atoms with Gasteiger partial charge in [-0.3, -0.25) is 0 Å². The van der Waals surface area contributed by atoms with Gasteiger partial charge in [0.2, 0.25) is 0 Å². The molecule has 1 aromatic carbocycles. The fourth-order valence-corrected chi connectivity index (χ4v) is 3.92. The molecule has 3 N–H and O–H groups in total. The molecule has 0 unspecified atom stereocenters. The summed E-state index contributed by atoms with van der Waals surface area (Å²) in [6.45, 7) is 7.15. The number of nitrogens with one attached hydrogen (secondary N) is 3. The van der Waals surface area contributed by atoms with Crippen LogP contribution in [0.4, 0.5) is 20.6 Å². The highest BCUT2D eigenvalue weighted by Crippen LogP contribution is 2.31. The van der Waals surface area contributed by atoms with E-state index in [9.17, 15) is 9.18 Å². The third kappa shape index (κ3) is 4.90. The number of aromatic amines is 1. The van der Waals surface area contributed by atoms with Gasteiger partial charge in [0.05, 0.1) is 10.2 Å². The predicted molar refractivity (Wildman–Crippen MR) is 126 cm³/mol. The number of carbonyl (C=O) groups excluding carboxylic acids is 1. The van der Waals surface area contributed by atoms with E-state index in [-0.39, 0.29) is 17.4 Å². The van der Waals surface area contributed by atoms with Gasteiger partial charge in [-0.2, -0.15) is 0 Å². The molecule has 162 valence electrons. The first-order valence-electron chi connectivity index (χ1n) is 10.2. The number of fused-ring (bicyclic) bond motifs is 1. The second-order valence-electron chi connectivity index (χ2n) is 8.66. The lowest BCUT2D eigenvalue weighted by Crippen LogP contribution is -2.49. The molecule has 0 fully saturated rings. The van der Waals surface area contributed by atoms with Crippen LogP contribution in [0.25, 0.3) is 16.6 Å². The molecule has 0 spiro atoms. The Morgan fingerprint density at radius 2 is 2.06 bits per heavy atom. The van der Waals surface area contributed by atoms with Crippen LogP contribution in [0.5, 0.6) is 0 Å². The van der Waals surface area contributed by atoms with Crippen molar-refractivity contribution in [2.75, 3.05) is 18.4 Å². The van der Waals surface area contributed by atoms with Gasteiger partial charge in [-0.05, 0) is 79.0 Å². The largest absolute Gasteiger partial charge is 0.355 e. The molecule has 0 saturated carbocycles. The van der Waals surface area contributed by atoms with E-state index in [1.807, 2.05) is 31.7 Å². The summed E-state index contributed by atoms with van der Waals surface area (Å²) in [5.41, 5.74) is 4.33. The van der Waals surface area contributed by atoms with Crippen LogP contribution in [0.1, 0.15) is 32.9 Å². The topological polar surface area (TPSA) is 73.1 Å². The highest BCUT2D eigenvalue weighted by molar-refractivity contribution is 9.10. The molecular weight excluding hydrogens is 461 g/mol. The van der Waals surface area contributed by atoms with Crippen LogP contribution < -0.4 is 10.6 Å². The predicted octanol–water partition coefficient (Wildman–Crippen LogP) is 5.81. The molecule has 2 amide bonds. The molecule has 0 atom stereocenters. The molecule has 0 aliphatic carbocycles. The lowest BCUT2D eigenvalue weighted by molar-refractivity contribution is 0.193. The third-order valence-electron chi connectivity index (χ3n) is 5.05. The molecule has 0 radical (unpaired) electrons. The van der Waals surface area contributed by atoms with E-state index in [1.165, 1.54) is 6.07 Å². The number of carbonyl (C=O) groups is 1. The van der Waals surface area contributed by atoms with Crippen LogP contribution in [0.15, 0.2) is 47.1 Å². The zero-order valence-electron chi connectivity index (χ0n) is 17.7. The van der Waals surface area contributed by atoms with Crippen LogP contribution in [-0.4, -0.2) is 39.5 Å². The standard InChI is InChI=1S/C23H25BrFN5O/c1-23(2,3)29-22(31)30-10-7-14(8-11-30)20-13-16-19(6-9-26-21(16)28-20)27-15-4-5-18(25)17(24)12-15/h4-7,9,12-13H,8,10-11H2,1-3H3,(H,29,31)(H2,26,27,28). The van der Waals surface area contributed by atoms with Crippen molar-refractivity contribution in [3.05, 3.63) is 58.6 Å². The van der Waals surface area contributed by atoms with Gasteiger partial charge in [0.25, 0.3) is 0 Å². The van der Waals surface area contributed by atoms with Crippen LogP contribution in [0.2, 0.25) is 0 Å². The number of urea groups is 1. The number of pyridine rings is 1. The number of halogens is 2. The molecule has 0 bridgehead atoms. The number of anilines is 2. The second kappa shape index (κ2) is 8.34. The van der Waals surface area contributed by atoms with Gasteiger partial charge < -0.3 is 20.5 Å². The van der Waals surface area contributed by atoms with Gasteiger partial charge >= 0.3 is 6.03 Å². The molecule has 6 nitrogen and oxygen atoms in total. The maximum atomic E-state index is 13.5. The molecule has 1 aliphatic rings. The van der Waals surface area contributed by atoms with E-state index < -0.39 is 0 Å². The molecule has 0 saturated heterocycles. The molecule has 3 aromatic rings. The fraction of sp³-hybridized carbons (Fsp3) is 0.304. The normalized spacial score (nSPS) is 14.5.